The third-order valence-corrected chi connectivity index (χ3v) is 2.79. The number of methoxy groups -OCH3 is 1. The zero-order valence-corrected chi connectivity index (χ0v) is 10.9. The molecule has 0 aliphatic heterocycles. The predicted molar refractivity (Wildman–Crippen MR) is 70.4 cm³/mol. The number of hydrogen-bond donors (Lipinski definition) is 2. The molecule has 0 saturated heterocycles. The molecule has 96 valence electrons. The minimum absolute atomic E-state index is 0.327. The molecular formula is C14H23NO2. The van der Waals surface area contributed by atoms with Gasteiger partial charge in [-0.15, -0.1) is 0 Å². The van der Waals surface area contributed by atoms with E-state index in [2.05, 4.69) is 19.2 Å². The normalized spacial score (nSPS) is 14.5. The second-order valence-electron chi connectivity index (χ2n) is 4.63. The highest BCUT2D eigenvalue weighted by atomic mass is 16.5. The van der Waals surface area contributed by atoms with Crippen LogP contribution in [0, 0.1) is 0 Å². The largest absolute Gasteiger partial charge is 0.508 e. The van der Waals surface area contributed by atoms with Crippen LogP contribution in [0.15, 0.2) is 24.3 Å². The maximum Gasteiger partial charge on any atom is 0.115 e. The van der Waals surface area contributed by atoms with E-state index in [1.807, 2.05) is 12.1 Å². The first-order chi connectivity index (χ1) is 8.11. The summed E-state index contributed by atoms with van der Waals surface area (Å²) in [5.41, 5.74) is 1.26. The zero-order chi connectivity index (χ0) is 12.7. The molecule has 2 N–H and O–H groups in total. The number of hydrogen-bond acceptors (Lipinski definition) is 3. The molecule has 0 spiro atoms. The Hall–Kier alpha value is -1.06. The summed E-state index contributed by atoms with van der Waals surface area (Å²) < 4.78 is 5.09. The van der Waals surface area contributed by atoms with Crippen molar-refractivity contribution in [2.75, 3.05) is 13.7 Å². The van der Waals surface area contributed by atoms with Gasteiger partial charge in [0.2, 0.25) is 0 Å². The highest BCUT2D eigenvalue weighted by Crippen LogP contribution is 2.12. The molecule has 3 nitrogen and oxygen atoms in total. The SMILES string of the molecule is COCC(C)NC(C)CCc1ccc(O)cc1. The number of phenolic OH excluding ortho intramolecular Hbond substituents is 1. The Kier molecular flexibility index (Phi) is 6.01. The number of aryl methyl sites for hydroxylation is 1. The summed E-state index contributed by atoms with van der Waals surface area (Å²) in [5.74, 6) is 0.327. The van der Waals surface area contributed by atoms with Gasteiger partial charge in [0.25, 0.3) is 0 Å². The summed E-state index contributed by atoms with van der Waals surface area (Å²) in [6.45, 7) is 5.05. The zero-order valence-electron chi connectivity index (χ0n) is 10.9. The fourth-order valence-electron chi connectivity index (χ4n) is 1.91. The molecule has 0 aliphatic rings. The summed E-state index contributed by atoms with van der Waals surface area (Å²) in [7, 11) is 1.72. The van der Waals surface area contributed by atoms with Crippen LogP contribution in [0.3, 0.4) is 0 Å². The van der Waals surface area contributed by atoms with E-state index in [0.29, 0.717) is 17.8 Å². The third-order valence-electron chi connectivity index (χ3n) is 2.79. The molecule has 0 saturated carbocycles. The topological polar surface area (TPSA) is 41.5 Å². The number of aromatic hydroxyl groups is 1. The van der Waals surface area contributed by atoms with Gasteiger partial charge in [-0.25, -0.2) is 0 Å². The fourth-order valence-corrected chi connectivity index (χ4v) is 1.91. The maximum atomic E-state index is 9.19. The van der Waals surface area contributed by atoms with Crippen LogP contribution in [0.1, 0.15) is 25.8 Å². The van der Waals surface area contributed by atoms with E-state index in [-0.39, 0.29) is 0 Å². The van der Waals surface area contributed by atoms with Crippen LogP contribution in [-0.4, -0.2) is 30.9 Å². The van der Waals surface area contributed by atoms with Crippen LogP contribution in [0.4, 0.5) is 0 Å². The average Bonchev–Trinajstić information content (AvgIpc) is 2.28. The highest BCUT2D eigenvalue weighted by molar-refractivity contribution is 5.25. The van der Waals surface area contributed by atoms with Crippen LogP contribution in [-0.2, 0) is 11.2 Å². The van der Waals surface area contributed by atoms with Crippen molar-refractivity contribution in [3.63, 3.8) is 0 Å². The molecule has 3 heteroatoms. The van der Waals surface area contributed by atoms with Gasteiger partial charge in [-0.05, 0) is 44.4 Å². The predicted octanol–water partition coefficient (Wildman–Crippen LogP) is 2.34. The Balaban J connectivity index is 2.27. The smallest absolute Gasteiger partial charge is 0.115 e. The van der Waals surface area contributed by atoms with Crippen molar-refractivity contribution in [2.24, 2.45) is 0 Å². The lowest BCUT2D eigenvalue weighted by Gasteiger charge is -2.19. The van der Waals surface area contributed by atoms with Crippen molar-refractivity contribution in [3.8, 4) is 5.75 Å². The van der Waals surface area contributed by atoms with E-state index in [1.165, 1.54) is 5.56 Å². The molecule has 0 radical (unpaired) electrons. The van der Waals surface area contributed by atoms with Gasteiger partial charge in [-0.1, -0.05) is 12.1 Å². The quantitative estimate of drug-likeness (QED) is 0.765. The van der Waals surface area contributed by atoms with Crippen LogP contribution in [0.25, 0.3) is 0 Å². The van der Waals surface area contributed by atoms with Gasteiger partial charge in [0, 0.05) is 19.2 Å². The van der Waals surface area contributed by atoms with Gasteiger partial charge in [0.1, 0.15) is 5.75 Å². The molecule has 17 heavy (non-hydrogen) atoms. The summed E-state index contributed by atoms with van der Waals surface area (Å²) in [6.07, 6.45) is 2.10. The van der Waals surface area contributed by atoms with Crippen LogP contribution >= 0.6 is 0 Å². The molecule has 0 aromatic heterocycles. The first-order valence-electron chi connectivity index (χ1n) is 6.14. The Morgan fingerprint density at radius 3 is 2.41 bits per heavy atom. The van der Waals surface area contributed by atoms with Gasteiger partial charge in [-0.2, -0.15) is 0 Å². The Morgan fingerprint density at radius 1 is 1.18 bits per heavy atom. The maximum absolute atomic E-state index is 9.19. The van der Waals surface area contributed by atoms with Crippen molar-refractivity contribution in [3.05, 3.63) is 29.8 Å². The lowest BCUT2D eigenvalue weighted by atomic mass is 10.1. The Labute approximate surface area is 104 Å². The molecular weight excluding hydrogens is 214 g/mol. The summed E-state index contributed by atoms with van der Waals surface area (Å²) in [6, 6.07) is 8.27. The second kappa shape index (κ2) is 7.30. The Bertz CT molecular complexity index is 311. The lowest BCUT2D eigenvalue weighted by molar-refractivity contribution is 0.167. The molecule has 1 aromatic rings. The highest BCUT2D eigenvalue weighted by Gasteiger charge is 2.07. The molecule has 0 bridgehead atoms. The molecule has 0 heterocycles. The van der Waals surface area contributed by atoms with E-state index in [1.54, 1.807) is 19.2 Å². The van der Waals surface area contributed by atoms with Crippen molar-refractivity contribution in [2.45, 2.75) is 38.8 Å². The van der Waals surface area contributed by atoms with E-state index < -0.39 is 0 Å². The van der Waals surface area contributed by atoms with Gasteiger partial charge < -0.3 is 15.2 Å². The van der Waals surface area contributed by atoms with Crippen molar-refractivity contribution >= 4 is 0 Å². The Morgan fingerprint density at radius 2 is 1.82 bits per heavy atom. The summed E-state index contributed by atoms with van der Waals surface area (Å²) >= 11 is 0. The van der Waals surface area contributed by atoms with Gasteiger partial charge in [0.05, 0.1) is 6.61 Å². The van der Waals surface area contributed by atoms with Gasteiger partial charge in [0.15, 0.2) is 0 Å². The summed E-state index contributed by atoms with van der Waals surface area (Å²) in [4.78, 5) is 0. The first-order valence-corrected chi connectivity index (χ1v) is 6.14. The standard InChI is InChI=1S/C14H23NO2/c1-11(15-12(2)10-17-3)4-5-13-6-8-14(16)9-7-13/h6-9,11-12,15-16H,4-5,10H2,1-3H3. The average molecular weight is 237 g/mol. The molecule has 2 atom stereocenters. The monoisotopic (exact) mass is 237 g/mol. The second-order valence-corrected chi connectivity index (χ2v) is 4.63. The minimum atomic E-state index is 0.327. The van der Waals surface area contributed by atoms with Gasteiger partial charge >= 0.3 is 0 Å². The number of benzene rings is 1. The minimum Gasteiger partial charge on any atom is -0.508 e. The number of rotatable bonds is 7. The number of nitrogens with one attached hydrogen (secondary N) is 1. The van der Waals surface area contributed by atoms with Crippen LogP contribution in [0.2, 0.25) is 0 Å². The van der Waals surface area contributed by atoms with Crippen molar-refractivity contribution in [1.82, 2.24) is 5.32 Å². The van der Waals surface area contributed by atoms with Crippen LogP contribution in [0.5, 0.6) is 5.75 Å². The van der Waals surface area contributed by atoms with Gasteiger partial charge in [-0.3, -0.25) is 0 Å². The molecule has 0 aliphatic carbocycles. The number of ether oxygens (including phenoxy) is 1. The molecule has 1 aromatic carbocycles. The lowest BCUT2D eigenvalue weighted by Crippen LogP contribution is -2.37. The van der Waals surface area contributed by atoms with Crippen molar-refractivity contribution < 1.29 is 9.84 Å². The molecule has 2 unspecified atom stereocenters. The first kappa shape index (κ1) is 14.0. The molecule has 0 amide bonds. The molecule has 0 fully saturated rings. The third kappa shape index (κ3) is 5.71. The summed E-state index contributed by atoms with van der Waals surface area (Å²) in [5, 5.41) is 12.7. The van der Waals surface area contributed by atoms with E-state index in [9.17, 15) is 5.11 Å². The van der Waals surface area contributed by atoms with E-state index >= 15 is 0 Å². The number of phenols is 1. The van der Waals surface area contributed by atoms with Crippen molar-refractivity contribution in [1.29, 1.82) is 0 Å². The van der Waals surface area contributed by atoms with E-state index in [4.69, 9.17) is 4.74 Å². The van der Waals surface area contributed by atoms with Crippen LogP contribution < -0.4 is 5.32 Å². The fraction of sp³-hybridized carbons (Fsp3) is 0.571. The molecule has 1 rings (SSSR count). The van der Waals surface area contributed by atoms with E-state index in [0.717, 1.165) is 19.4 Å².